The van der Waals surface area contributed by atoms with Crippen molar-refractivity contribution in [3.05, 3.63) is 34.6 Å². The topological polar surface area (TPSA) is 43.4 Å². The highest BCUT2D eigenvalue weighted by molar-refractivity contribution is 7.85. The highest BCUT2D eigenvalue weighted by Crippen LogP contribution is 2.23. The Labute approximate surface area is 92.9 Å². The monoisotopic (exact) mass is 276 g/mol. The second-order valence-electron chi connectivity index (χ2n) is 3.01. The third kappa shape index (κ3) is 2.91. The second-order valence-corrected chi connectivity index (χ2v) is 4.66. The van der Waals surface area contributed by atoms with Gasteiger partial charge in [0.1, 0.15) is 0 Å². The molecule has 0 atom stereocenters. The maximum absolute atomic E-state index is 13.0. The van der Waals surface area contributed by atoms with Crippen molar-refractivity contribution in [3.63, 3.8) is 0 Å². The Morgan fingerprint density at radius 3 is 1.59 bits per heavy atom. The molecule has 0 radical (unpaired) electrons. The summed E-state index contributed by atoms with van der Waals surface area (Å²) in [6.07, 6.45) is 0.568. The van der Waals surface area contributed by atoms with E-state index in [1.165, 1.54) is 0 Å². The number of hydrogen-bond donors (Lipinski definition) is 0. The van der Waals surface area contributed by atoms with Gasteiger partial charge in [-0.1, -0.05) is 0 Å². The molecule has 0 fully saturated rings. The molecule has 9 heteroatoms. The number of rotatable bonds is 3. The summed E-state index contributed by atoms with van der Waals surface area (Å²) < 4.78 is 88.9. The van der Waals surface area contributed by atoms with E-state index < -0.39 is 51.4 Å². The Hall–Kier alpha value is -1.22. The van der Waals surface area contributed by atoms with Gasteiger partial charge >= 0.3 is 0 Å². The van der Waals surface area contributed by atoms with E-state index in [2.05, 4.69) is 4.18 Å². The number of benzene rings is 1. The zero-order valence-electron chi connectivity index (χ0n) is 8.23. The maximum atomic E-state index is 13.0. The van der Waals surface area contributed by atoms with Crippen LogP contribution in [0.15, 0.2) is 0 Å². The Kier molecular flexibility index (Phi) is 3.72. The second kappa shape index (κ2) is 4.57. The van der Waals surface area contributed by atoms with Crippen molar-refractivity contribution in [1.29, 1.82) is 0 Å². The van der Waals surface area contributed by atoms with Gasteiger partial charge in [0.15, 0.2) is 23.3 Å². The first kappa shape index (κ1) is 13.8. The predicted molar refractivity (Wildman–Crippen MR) is 45.9 cm³/mol. The summed E-state index contributed by atoms with van der Waals surface area (Å²) in [5.41, 5.74) is -1.34. The minimum atomic E-state index is -4.06. The largest absolute Gasteiger partial charge is 0.265 e. The van der Waals surface area contributed by atoms with Gasteiger partial charge in [0.25, 0.3) is 10.1 Å². The van der Waals surface area contributed by atoms with Crippen molar-refractivity contribution in [1.82, 2.24) is 0 Å². The quantitative estimate of drug-likeness (QED) is 0.366. The van der Waals surface area contributed by atoms with Gasteiger partial charge in [0, 0.05) is 0 Å². The lowest BCUT2D eigenvalue weighted by Crippen LogP contribution is -2.11. The van der Waals surface area contributed by atoms with Crippen LogP contribution in [0.1, 0.15) is 5.56 Å². The van der Waals surface area contributed by atoms with E-state index in [1.54, 1.807) is 0 Å². The average molecular weight is 276 g/mol. The molecule has 0 saturated carbocycles. The molecule has 0 N–H and O–H groups in total. The van der Waals surface area contributed by atoms with Gasteiger partial charge in [0.05, 0.1) is 18.4 Å². The zero-order chi connectivity index (χ0) is 13.4. The van der Waals surface area contributed by atoms with Crippen molar-refractivity contribution in [2.45, 2.75) is 6.61 Å². The average Bonchev–Trinajstić information content (AvgIpc) is 2.22. The molecular weight excluding hydrogens is 271 g/mol. The first-order valence-corrected chi connectivity index (χ1v) is 5.81. The van der Waals surface area contributed by atoms with Crippen molar-refractivity contribution in [2.75, 3.05) is 6.26 Å². The molecule has 0 aromatic heterocycles. The first-order valence-electron chi connectivity index (χ1n) is 4.00. The van der Waals surface area contributed by atoms with Crippen LogP contribution in [0.4, 0.5) is 22.0 Å². The van der Waals surface area contributed by atoms with Crippen LogP contribution in [0.2, 0.25) is 0 Å². The molecule has 0 aliphatic rings. The number of hydrogen-bond acceptors (Lipinski definition) is 3. The Bertz CT molecular complexity index is 526. The van der Waals surface area contributed by atoms with E-state index in [0.29, 0.717) is 6.26 Å². The van der Waals surface area contributed by atoms with E-state index in [-0.39, 0.29) is 0 Å². The van der Waals surface area contributed by atoms with E-state index in [1.807, 2.05) is 0 Å². The van der Waals surface area contributed by atoms with Gasteiger partial charge in [-0.15, -0.1) is 0 Å². The van der Waals surface area contributed by atoms with Gasteiger partial charge in [0.2, 0.25) is 5.82 Å². The summed E-state index contributed by atoms with van der Waals surface area (Å²) in [5, 5.41) is 0. The molecule has 96 valence electrons. The van der Waals surface area contributed by atoms with Gasteiger partial charge in [-0.2, -0.15) is 8.42 Å². The molecule has 0 heterocycles. The third-order valence-corrected chi connectivity index (χ3v) is 2.26. The molecule has 17 heavy (non-hydrogen) atoms. The van der Waals surface area contributed by atoms with Crippen molar-refractivity contribution in [3.8, 4) is 0 Å². The molecule has 0 bridgehead atoms. The van der Waals surface area contributed by atoms with Gasteiger partial charge in [-0.25, -0.2) is 22.0 Å². The van der Waals surface area contributed by atoms with Crippen molar-refractivity contribution in [2.24, 2.45) is 0 Å². The summed E-state index contributed by atoms with van der Waals surface area (Å²) in [7, 11) is -4.06. The molecule has 0 saturated heterocycles. The van der Waals surface area contributed by atoms with Crippen LogP contribution < -0.4 is 0 Å². The summed E-state index contributed by atoms with van der Waals surface area (Å²) in [5.74, 6) is -10.9. The minimum Gasteiger partial charge on any atom is -0.265 e. The lowest BCUT2D eigenvalue weighted by atomic mass is 10.2. The Morgan fingerprint density at radius 2 is 1.24 bits per heavy atom. The molecule has 1 aromatic carbocycles. The van der Waals surface area contributed by atoms with Crippen LogP contribution in [-0.2, 0) is 20.9 Å². The summed E-state index contributed by atoms with van der Waals surface area (Å²) in [4.78, 5) is 0. The molecule has 0 aliphatic heterocycles. The Morgan fingerprint density at radius 1 is 0.882 bits per heavy atom. The zero-order valence-corrected chi connectivity index (χ0v) is 9.05. The van der Waals surface area contributed by atoms with Crippen LogP contribution in [0.25, 0.3) is 0 Å². The normalized spacial score (nSPS) is 11.9. The SMILES string of the molecule is CS(=O)(=O)OCc1c(F)c(F)c(F)c(F)c1F. The molecule has 0 amide bonds. The van der Waals surface area contributed by atoms with Crippen LogP contribution in [-0.4, -0.2) is 14.7 Å². The third-order valence-electron chi connectivity index (χ3n) is 1.72. The summed E-state index contributed by atoms with van der Waals surface area (Å²) in [6, 6.07) is 0. The van der Waals surface area contributed by atoms with E-state index in [9.17, 15) is 30.4 Å². The standard InChI is InChI=1S/C8H5F5O3S/c1-17(14,15)16-2-3-4(9)6(11)8(13)7(12)5(3)10/h2H2,1H3. The van der Waals surface area contributed by atoms with Crippen LogP contribution in [0, 0.1) is 29.1 Å². The molecule has 0 unspecified atom stereocenters. The van der Waals surface area contributed by atoms with Crippen LogP contribution in [0.3, 0.4) is 0 Å². The van der Waals surface area contributed by atoms with Crippen LogP contribution >= 0.6 is 0 Å². The predicted octanol–water partition coefficient (Wildman–Crippen LogP) is 1.86. The molecule has 0 aliphatic carbocycles. The fourth-order valence-corrected chi connectivity index (χ4v) is 1.27. The molecule has 1 aromatic rings. The smallest absolute Gasteiger partial charge is 0.264 e. The van der Waals surface area contributed by atoms with E-state index in [0.717, 1.165) is 0 Å². The fraction of sp³-hybridized carbons (Fsp3) is 0.250. The molecular formula is C8H5F5O3S. The lowest BCUT2D eigenvalue weighted by Gasteiger charge is -2.07. The highest BCUT2D eigenvalue weighted by Gasteiger charge is 2.26. The molecule has 3 nitrogen and oxygen atoms in total. The van der Waals surface area contributed by atoms with Crippen molar-refractivity contribution < 1.29 is 34.6 Å². The minimum absolute atomic E-state index is 0.568. The molecule has 1 rings (SSSR count). The van der Waals surface area contributed by atoms with E-state index in [4.69, 9.17) is 0 Å². The van der Waals surface area contributed by atoms with Crippen molar-refractivity contribution >= 4 is 10.1 Å². The van der Waals surface area contributed by atoms with E-state index >= 15 is 0 Å². The lowest BCUT2D eigenvalue weighted by molar-refractivity contribution is 0.285. The van der Waals surface area contributed by atoms with Gasteiger partial charge < -0.3 is 0 Å². The fourth-order valence-electron chi connectivity index (χ4n) is 0.943. The molecule has 0 spiro atoms. The van der Waals surface area contributed by atoms with Gasteiger partial charge in [-0.05, 0) is 0 Å². The maximum Gasteiger partial charge on any atom is 0.264 e. The number of halogens is 5. The van der Waals surface area contributed by atoms with Gasteiger partial charge in [-0.3, -0.25) is 4.18 Å². The summed E-state index contributed by atoms with van der Waals surface area (Å²) >= 11 is 0. The Balaban J connectivity index is 3.25. The van der Waals surface area contributed by atoms with Crippen LogP contribution in [0.5, 0.6) is 0 Å². The summed E-state index contributed by atoms with van der Waals surface area (Å²) in [6.45, 7) is -1.27. The first-order chi connectivity index (χ1) is 7.65. The highest BCUT2D eigenvalue weighted by atomic mass is 32.2.